The molecule has 0 radical (unpaired) electrons. The molecule has 1 aliphatic heterocycles. The Morgan fingerprint density at radius 1 is 1.00 bits per heavy atom. The Morgan fingerprint density at radius 2 is 1.58 bits per heavy atom. The van der Waals surface area contributed by atoms with Gasteiger partial charge in [0.2, 0.25) is 0 Å². The van der Waals surface area contributed by atoms with Crippen molar-refractivity contribution in [2.24, 2.45) is 11.8 Å². The van der Waals surface area contributed by atoms with E-state index in [-0.39, 0.29) is 17.9 Å². The third-order valence-electron chi connectivity index (χ3n) is 4.82. The Labute approximate surface area is 113 Å². The first-order valence-corrected chi connectivity index (χ1v) is 7.08. The van der Waals surface area contributed by atoms with Crippen LogP contribution in [0.15, 0.2) is 24.3 Å². The van der Waals surface area contributed by atoms with Gasteiger partial charge in [0.25, 0.3) is 11.8 Å². The summed E-state index contributed by atoms with van der Waals surface area (Å²) in [4.78, 5) is 26.4. The van der Waals surface area contributed by atoms with Gasteiger partial charge < -0.3 is 0 Å². The van der Waals surface area contributed by atoms with Gasteiger partial charge in [-0.25, -0.2) is 0 Å². The second-order valence-corrected chi connectivity index (χ2v) is 5.86. The van der Waals surface area contributed by atoms with Crippen molar-refractivity contribution in [2.75, 3.05) is 0 Å². The second kappa shape index (κ2) is 4.48. The summed E-state index contributed by atoms with van der Waals surface area (Å²) >= 11 is 0. The SMILES string of the molecule is C[C@H]1[C@H](C)CCC[C@@H]1N1C(=O)c2ccccc2C1=O. The van der Waals surface area contributed by atoms with Crippen LogP contribution in [0.4, 0.5) is 0 Å². The summed E-state index contributed by atoms with van der Waals surface area (Å²) < 4.78 is 0. The van der Waals surface area contributed by atoms with Crippen molar-refractivity contribution in [3.8, 4) is 0 Å². The molecule has 3 rings (SSSR count). The van der Waals surface area contributed by atoms with Crippen LogP contribution in [0.1, 0.15) is 53.8 Å². The number of benzene rings is 1. The van der Waals surface area contributed by atoms with E-state index in [9.17, 15) is 9.59 Å². The van der Waals surface area contributed by atoms with Crippen LogP contribution in [0.5, 0.6) is 0 Å². The molecule has 0 saturated heterocycles. The molecule has 1 aromatic carbocycles. The molecule has 100 valence electrons. The number of hydrogen-bond donors (Lipinski definition) is 0. The molecule has 0 spiro atoms. The third kappa shape index (κ3) is 1.79. The lowest BCUT2D eigenvalue weighted by Gasteiger charge is -2.38. The molecule has 1 aromatic rings. The molecule has 1 heterocycles. The molecular formula is C16H19NO2. The molecule has 0 bridgehead atoms. The van der Waals surface area contributed by atoms with Crippen LogP contribution in [0, 0.1) is 11.8 Å². The van der Waals surface area contributed by atoms with Crippen molar-refractivity contribution >= 4 is 11.8 Å². The Bertz CT molecular complexity index is 502. The summed E-state index contributed by atoms with van der Waals surface area (Å²) in [7, 11) is 0. The molecule has 19 heavy (non-hydrogen) atoms. The van der Waals surface area contributed by atoms with Crippen molar-refractivity contribution in [1.82, 2.24) is 4.90 Å². The molecule has 1 fully saturated rings. The Hall–Kier alpha value is -1.64. The van der Waals surface area contributed by atoms with Gasteiger partial charge in [-0.1, -0.05) is 38.8 Å². The van der Waals surface area contributed by atoms with E-state index < -0.39 is 0 Å². The highest BCUT2D eigenvalue weighted by molar-refractivity contribution is 6.21. The van der Waals surface area contributed by atoms with E-state index in [0.717, 1.165) is 12.8 Å². The van der Waals surface area contributed by atoms with E-state index in [1.807, 2.05) is 12.1 Å². The van der Waals surface area contributed by atoms with E-state index in [0.29, 0.717) is 23.0 Å². The van der Waals surface area contributed by atoms with Gasteiger partial charge in [-0.3, -0.25) is 14.5 Å². The Balaban J connectivity index is 1.95. The summed E-state index contributed by atoms with van der Waals surface area (Å²) in [5.41, 5.74) is 1.14. The van der Waals surface area contributed by atoms with Gasteiger partial charge in [0.15, 0.2) is 0 Å². The second-order valence-electron chi connectivity index (χ2n) is 5.86. The molecule has 2 amide bonds. The fourth-order valence-corrected chi connectivity index (χ4v) is 3.43. The molecule has 3 atom stereocenters. The first-order chi connectivity index (χ1) is 9.11. The molecule has 3 nitrogen and oxygen atoms in total. The van der Waals surface area contributed by atoms with Crippen LogP contribution in [0.3, 0.4) is 0 Å². The predicted molar refractivity (Wildman–Crippen MR) is 72.9 cm³/mol. The van der Waals surface area contributed by atoms with Crippen molar-refractivity contribution in [3.63, 3.8) is 0 Å². The third-order valence-corrected chi connectivity index (χ3v) is 4.82. The van der Waals surface area contributed by atoms with Crippen LogP contribution in [-0.4, -0.2) is 22.8 Å². The molecule has 2 aliphatic rings. The lowest BCUT2D eigenvalue weighted by Crippen LogP contribution is -2.47. The number of carbonyl (C=O) groups is 2. The summed E-state index contributed by atoms with van der Waals surface area (Å²) in [6.07, 6.45) is 3.24. The zero-order chi connectivity index (χ0) is 13.6. The van der Waals surface area contributed by atoms with E-state index in [4.69, 9.17) is 0 Å². The van der Waals surface area contributed by atoms with Gasteiger partial charge in [0, 0.05) is 6.04 Å². The highest BCUT2D eigenvalue weighted by Gasteiger charge is 2.43. The lowest BCUT2D eigenvalue weighted by molar-refractivity contribution is 0.0430. The summed E-state index contributed by atoms with van der Waals surface area (Å²) in [5, 5.41) is 0. The highest BCUT2D eigenvalue weighted by atomic mass is 16.2. The summed E-state index contributed by atoms with van der Waals surface area (Å²) in [6, 6.07) is 7.22. The Kier molecular flexibility index (Phi) is 2.92. The number of hydrogen-bond acceptors (Lipinski definition) is 2. The number of nitrogens with zero attached hydrogens (tertiary/aromatic N) is 1. The fraction of sp³-hybridized carbons (Fsp3) is 0.500. The number of amides is 2. The van der Waals surface area contributed by atoms with E-state index in [2.05, 4.69) is 13.8 Å². The zero-order valence-corrected chi connectivity index (χ0v) is 11.4. The van der Waals surface area contributed by atoms with Crippen molar-refractivity contribution < 1.29 is 9.59 Å². The monoisotopic (exact) mass is 257 g/mol. The van der Waals surface area contributed by atoms with E-state index in [1.165, 1.54) is 11.3 Å². The molecule has 1 saturated carbocycles. The molecule has 1 aliphatic carbocycles. The van der Waals surface area contributed by atoms with Crippen LogP contribution >= 0.6 is 0 Å². The number of carbonyl (C=O) groups excluding carboxylic acids is 2. The fourth-order valence-electron chi connectivity index (χ4n) is 3.43. The minimum Gasteiger partial charge on any atom is -0.271 e. The van der Waals surface area contributed by atoms with E-state index >= 15 is 0 Å². The first kappa shape index (κ1) is 12.4. The quantitative estimate of drug-likeness (QED) is 0.725. The van der Waals surface area contributed by atoms with Crippen LogP contribution in [0.2, 0.25) is 0 Å². The zero-order valence-electron chi connectivity index (χ0n) is 11.4. The standard InChI is InChI=1S/C16H19NO2/c1-10-6-5-9-14(11(10)2)17-15(18)12-7-3-4-8-13(12)16(17)19/h3-4,7-8,10-11,14H,5-6,9H2,1-2H3/t10-,11+,14+/m1/s1. The summed E-state index contributed by atoms with van der Waals surface area (Å²) in [5.74, 6) is 0.747. The number of rotatable bonds is 1. The van der Waals surface area contributed by atoms with Gasteiger partial charge in [0.05, 0.1) is 11.1 Å². The lowest BCUT2D eigenvalue weighted by atomic mass is 9.77. The van der Waals surface area contributed by atoms with Gasteiger partial charge >= 0.3 is 0 Å². The smallest absolute Gasteiger partial charge is 0.261 e. The largest absolute Gasteiger partial charge is 0.271 e. The average molecular weight is 257 g/mol. The van der Waals surface area contributed by atoms with Crippen molar-refractivity contribution in [3.05, 3.63) is 35.4 Å². The molecule has 0 aromatic heterocycles. The predicted octanol–water partition coefficient (Wildman–Crippen LogP) is 3.11. The number of fused-ring (bicyclic) bond motifs is 1. The van der Waals surface area contributed by atoms with Gasteiger partial charge in [0.1, 0.15) is 0 Å². The maximum atomic E-state index is 12.5. The molecular weight excluding hydrogens is 238 g/mol. The molecule has 0 unspecified atom stereocenters. The highest BCUT2D eigenvalue weighted by Crippen LogP contribution is 2.36. The summed E-state index contributed by atoms with van der Waals surface area (Å²) in [6.45, 7) is 4.38. The maximum Gasteiger partial charge on any atom is 0.261 e. The van der Waals surface area contributed by atoms with Crippen LogP contribution < -0.4 is 0 Å². The van der Waals surface area contributed by atoms with Gasteiger partial charge in [-0.05, 0) is 30.4 Å². The number of imide groups is 1. The van der Waals surface area contributed by atoms with Gasteiger partial charge in [-0.15, -0.1) is 0 Å². The Morgan fingerprint density at radius 3 is 2.16 bits per heavy atom. The average Bonchev–Trinajstić information content (AvgIpc) is 2.67. The minimum atomic E-state index is -0.105. The first-order valence-electron chi connectivity index (χ1n) is 7.08. The molecule has 0 N–H and O–H groups in total. The maximum absolute atomic E-state index is 12.5. The van der Waals surface area contributed by atoms with Crippen molar-refractivity contribution in [2.45, 2.75) is 39.2 Å². The normalized spacial score (nSPS) is 30.6. The van der Waals surface area contributed by atoms with Crippen LogP contribution in [-0.2, 0) is 0 Å². The van der Waals surface area contributed by atoms with E-state index in [1.54, 1.807) is 12.1 Å². The van der Waals surface area contributed by atoms with Gasteiger partial charge in [-0.2, -0.15) is 0 Å². The minimum absolute atomic E-state index is 0.0659. The van der Waals surface area contributed by atoms with Crippen molar-refractivity contribution in [1.29, 1.82) is 0 Å². The molecule has 3 heteroatoms. The topological polar surface area (TPSA) is 37.4 Å². The van der Waals surface area contributed by atoms with Crippen LogP contribution in [0.25, 0.3) is 0 Å².